The van der Waals surface area contributed by atoms with E-state index >= 15 is 0 Å². The third kappa shape index (κ3) is 8.31. The Labute approximate surface area is 163 Å². The van der Waals surface area contributed by atoms with Crippen molar-refractivity contribution in [3.63, 3.8) is 0 Å². The molecule has 0 aromatic heterocycles. The lowest BCUT2D eigenvalue weighted by molar-refractivity contribution is -0.132. The second-order valence-electron chi connectivity index (χ2n) is 7.20. The summed E-state index contributed by atoms with van der Waals surface area (Å²) in [7, 11) is -0.410. The molecule has 1 aliphatic heterocycles. The minimum atomic E-state index is -3.35. The topological polar surface area (TPSA) is 86.8 Å². The van der Waals surface area contributed by atoms with Gasteiger partial charge in [0.05, 0.1) is 5.75 Å². The molecule has 7 nitrogen and oxygen atoms in total. The number of amides is 2. The molecule has 0 saturated carbocycles. The highest BCUT2D eigenvalue weighted by Gasteiger charge is 2.27. The molecular weight excluding hydrogens is 366 g/mol. The Bertz CT molecular complexity index is 656. The monoisotopic (exact) mass is 399 g/mol. The minimum absolute atomic E-state index is 0.0120. The van der Waals surface area contributed by atoms with Crippen LogP contribution in [0.15, 0.2) is 0 Å². The van der Waals surface area contributed by atoms with Crippen LogP contribution in [-0.2, 0) is 19.6 Å². The Balaban J connectivity index is 2.34. The van der Waals surface area contributed by atoms with Gasteiger partial charge in [0.15, 0.2) is 0 Å². The fourth-order valence-corrected chi connectivity index (χ4v) is 3.91. The molecule has 2 amide bonds. The number of unbranched alkanes of at least 4 members (excludes halogenated alkanes) is 1. The van der Waals surface area contributed by atoms with E-state index in [0.717, 1.165) is 30.0 Å². The second kappa shape index (κ2) is 11.3. The van der Waals surface area contributed by atoms with Gasteiger partial charge in [-0.2, -0.15) is 0 Å². The maximum absolute atomic E-state index is 12.3. The van der Waals surface area contributed by atoms with Gasteiger partial charge in [-0.3, -0.25) is 9.59 Å². The standard InChI is InChI=1S/C19H33N3O4S/c1-5-6-7-8-9-18(23)20-16(2)17-10-13-22(14-11-17)19(24)12-15-27(25,26)21(3)4/h16-17H,7-15H2,1-4H3,(H,20,23)/t16-/m1/s1. The van der Waals surface area contributed by atoms with E-state index in [1.807, 2.05) is 6.92 Å². The average Bonchev–Trinajstić information content (AvgIpc) is 2.63. The molecule has 1 saturated heterocycles. The Kier molecular flexibility index (Phi) is 9.81. The van der Waals surface area contributed by atoms with Gasteiger partial charge < -0.3 is 10.2 Å². The zero-order valence-corrected chi connectivity index (χ0v) is 17.8. The van der Waals surface area contributed by atoms with E-state index in [4.69, 9.17) is 0 Å². The summed E-state index contributed by atoms with van der Waals surface area (Å²) in [6.07, 6.45) is 3.63. The summed E-state index contributed by atoms with van der Waals surface area (Å²) >= 11 is 0. The van der Waals surface area contributed by atoms with Gasteiger partial charge in [-0.25, -0.2) is 12.7 Å². The molecule has 0 radical (unpaired) electrons. The van der Waals surface area contributed by atoms with Crippen LogP contribution in [0.4, 0.5) is 0 Å². The molecule has 0 aliphatic carbocycles. The number of hydrogen-bond acceptors (Lipinski definition) is 4. The lowest BCUT2D eigenvalue weighted by Crippen LogP contribution is -2.45. The van der Waals surface area contributed by atoms with E-state index < -0.39 is 10.0 Å². The molecule has 1 rings (SSSR count). The van der Waals surface area contributed by atoms with Crippen LogP contribution in [0.25, 0.3) is 0 Å². The Morgan fingerprint density at radius 2 is 1.85 bits per heavy atom. The number of nitrogens with zero attached hydrogens (tertiary/aromatic N) is 2. The van der Waals surface area contributed by atoms with Crippen molar-refractivity contribution in [2.24, 2.45) is 5.92 Å². The largest absolute Gasteiger partial charge is 0.353 e. The normalized spacial score (nSPS) is 16.6. The van der Waals surface area contributed by atoms with E-state index in [0.29, 0.717) is 25.4 Å². The number of rotatable bonds is 9. The molecule has 0 unspecified atom stereocenters. The molecule has 1 heterocycles. The van der Waals surface area contributed by atoms with E-state index in [9.17, 15) is 18.0 Å². The molecule has 8 heteroatoms. The van der Waals surface area contributed by atoms with Gasteiger partial charge >= 0.3 is 0 Å². The van der Waals surface area contributed by atoms with E-state index in [1.165, 1.54) is 14.1 Å². The highest BCUT2D eigenvalue weighted by atomic mass is 32.2. The zero-order valence-electron chi connectivity index (χ0n) is 17.0. The highest BCUT2D eigenvalue weighted by Crippen LogP contribution is 2.21. The molecule has 27 heavy (non-hydrogen) atoms. The van der Waals surface area contributed by atoms with Gasteiger partial charge in [0.1, 0.15) is 0 Å². The van der Waals surface area contributed by atoms with Gasteiger partial charge in [0.2, 0.25) is 21.8 Å². The van der Waals surface area contributed by atoms with Gasteiger partial charge in [-0.05, 0) is 39.0 Å². The molecule has 0 aromatic rings. The van der Waals surface area contributed by atoms with Gasteiger partial charge in [0, 0.05) is 52.5 Å². The van der Waals surface area contributed by atoms with E-state index in [2.05, 4.69) is 17.2 Å². The second-order valence-corrected chi connectivity index (χ2v) is 9.51. The predicted molar refractivity (Wildman–Crippen MR) is 106 cm³/mol. The van der Waals surface area contributed by atoms with Crippen LogP contribution in [-0.4, -0.2) is 68.4 Å². The van der Waals surface area contributed by atoms with Crippen LogP contribution in [0.5, 0.6) is 0 Å². The fraction of sp³-hybridized carbons (Fsp3) is 0.789. The summed E-state index contributed by atoms with van der Waals surface area (Å²) in [5.41, 5.74) is 0. The van der Waals surface area contributed by atoms with E-state index in [1.54, 1.807) is 11.8 Å². The molecule has 1 atom stereocenters. The number of hydrogen-bond donors (Lipinski definition) is 1. The summed E-state index contributed by atoms with van der Waals surface area (Å²) < 4.78 is 24.7. The number of nitrogens with one attached hydrogen (secondary N) is 1. The van der Waals surface area contributed by atoms with Crippen LogP contribution >= 0.6 is 0 Å². The molecule has 1 fully saturated rings. The lowest BCUT2D eigenvalue weighted by atomic mass is 9.90. The molecule has 1 aliphatic rings. The lowest BCUT2D eigenvalue weighted by Gasteiger charge is -2.35. The average molecular weight is 400 g/mol. The van der Waals surface area contributed by atoms with Crippen LogP contribution in [0, 0.1) is 17.8 Å². The first-order valence-electron chi connectivity index (χ1n) is 9.54. The first kappa shape index (κ1) is 23.4. The van der Waals surface area contributed by atoms with Crippen LogP contribution in [0.1, 0.15) is 52.4 Å². The van der Waals surface area contributed by atoms with Crippen molar-refractivity contribution in [1.82, 2.24) is 14.5 Å². The predicted octanol–water partition coefficient (Wildman–Crippen LogP) is 1.20. The van der Waals surface area contributed by atoms with Crippen molar-refractivity contribution in [3.05, 3.63) is 0 Å². The number of carbonyl (C=O) groups is 2. The van der Waals surface area contributed by atoms with Crippen LogP contribution in [0.2, 0.25) is 0 Å². The molecular formula is C19H33N3O4S. The SMILES string of the molecule is CC#CCCCC(=O)N[C@H](C)C1CCN(C(=O)CCS(=O)(=O)N(C)C)CC1. The maximum Gasteiger partial charge on any atom is 0.223 e. The number of sulfonamides is 1. The Morgan fingerprint density at radius 1 is 1.22 bits per heavy atom. The third-order valence-corrected chi connectivity index (χ3v) is 6.83. The summed E-state index contributed by atoms with van der Waals surface area (Å²) in [6.45, 7) is 5.02. The van der Waals surface area contributed by atoms with Crippen molar-refractivity contribution in [1.29, 1.82) is 0 Å². The Morgan fingerprint density at radius 3 is 2.41 bits per heavy atom. The molecule has 0 bridgehead atoms. The summed E-state index contributed by atoms with van der Waals surface area (Å²) in [4.78, 5) is 26.0. The van der Waals surface area contributed by atoms with Gasteiger partial charge in [-0.1, -0.05) is 0 Å². The first-order valence-corrected chi connectivity index (χ1v) is 11.1. The Hall–Kier alpha value is -1.59. The maximum atomic E-state index is 12.3. The number of likely N-dealkylation sites (tertiary alicyclic amines) is 1. The molecule has 1 N–H and O–H groups in total. The van der Waals surface area contributed by atoms with Crippen LogP contribution in [0.3, 0.4) is 0 Å². The quantitative estimate of drug-likeness (QED) is 0.466. The number of carbonyl (C=O) groups excluding carboxylic acids is 2. The van der Waals surface area contributed by atoms with Crippen molar-refractivity contribution in [2.75, 3.05) is 32.9 Å². The fourth-order valence-electron chi connectivity index (χ4n) is 3.11. The molecule has 154 valence electrons. The van der Waals surface area contributed by atoms with Gasteiger partial charge in [0.25, 0.3) is 0 Å². The number of piperidine rings is 1. The molecule has 0 aromatic carbocycles. The summed E-state index contributed by atoms with van der Waals surface area (Å²) in [6, 6.07) is 0.0705. The highest BCUT2D eigenvalue weighted by molar-refractivity contribution is 7.89. The van der Waals surface area contributed by atoms with Crippen molar-refractivity contribution < 1.29 is 18.0 Å². The first-order chi connectivity index (χ1) is 12.7. The third-order valence-electron chi connectivity index (χ3n) is 5.00. The molecule has 0 spiro atoms. The van der Waals surface area contributed by atoms with Crippen molar-refractivity contribution in [3.8, 4) is 11.8 Å². The smallest absolute Gasteiger partial charge is 0.223 e. The van der Waals surface area contributed by atoms with Crippen LogP contribution < -0.4 is 5.32 Å². The summed E-state index contributed by atoms with van der Waals surface area (Å²) in [5, 5.41) is 3.05. The zero-order chi connectivity index (χ0) is 20.4. The van der Waals surface area contributed by atoms with Crippen molar-refractivity contribution >= 4 is 21.8 Å². The van der Waals surface area contributed by atoms with Gasteiger partial charge in [-0.15, -0.1) is 11.8 Å². The minimum Gasteiger partial charge on any atom is -0.353 e. The van der Waals surface area contributed by atoms with Crippen molar-refractivity contribution in [2.45, 2.75) is 58.4 Å². The summed E-state index contributed by atoms with van der Waals surface area (Å²) in [5.74, 6) is 5.88. The van der Waals surface area contributed by atoms with E-state index in [-0.39, 0.29) is 30.0 Å².